The van der Waals surface area contributed by atoms with Gasteiger partial charge in [-0.15, -0.1) is 12.6 Å². The van der Waals surface area contributed by atoms with E-state index in [0.29, 0.717) is 22.6 Å². The van der Waals surface area contributed by atoms with Crippen LogP contribution < -0.4 is 4.74 Å². The Morgan fingerprint density at radius 3 is 2.68 bits per heavy atom. The summed E-state index contributed by atoms with van der Waals surface area (Å²) in [5.74, 6) is -0.695. The van der Waals surface area contributed by atoms with Gasteiger partial charge in [-0.05, 0) is 38.1 Å². The van der Waals surface area contributed by atoms with Crippen LogP contribution in [0.25, 0.3) is 11.3 Å². The van der Waals surface area contributed by atoms with Crippen LogP contribution in [0.5, 0.6) is 5.75 Å². The second-order valence-electron chi connectivity index (χ2n) is 4.73. The summed E-state index contributed by atoms with van der Waals surface area (Å²) in [6, 6.07) is 8.36. The number of carboxylic acid groups (broad SMARTS) is 1. The number of carboxylic acids is 1. The van der Waals surface area contributed by atoms with Crippen molar-refractivity contribution in [3.05, 3.63) is 35.5 Å². The van der Waals surface area contributed by atoms with Crippen LogP contribution in [0.2, 0.25) is 0 Å². The molecule has 6 nitrogen and oxygen atoms in total. The summed E-state index contributed by atoms with van der Waals surface area (Å²) in [6.45, 7) is 3.73. The van der Waals surface area contributed by atoms with E-state index in [1.165, 1.54) is 6.07 Å². The quantitative estimate of drug-likeness (QED) is 0.665. The van der Waals surface area contributed by atoms with Crippen molar-refractivity contribution in [2.24, 2.45) is 0 Å². The standard InChI is InChI=1S/C15H13N3O3S/c1-8(2)21-13-4-3-9(5-10(13)7-16)11-6-12(14(19)20)18-15(22)17-11/h3-6,8H,1-2H3,(H,19,20)(H,17,18,22). The van der Waals surface area contributed by atoms with Gasteiger partial charge in [-0.2, -0.15) is 5.26 Å². The molecule has 1 aromatic carbocycles. The molecule has 2 rings (SSSR count). The predicted octanol–water partition coefficient (Wildman–Crippen LogP) is 2.79. The molecule has 0 saturated heterocycles. The van der Waals surface area contributed by atoms with E-state index in [0.717, 1.165) is 0 Å². The van der Waals surface area contributed by atoms with E-state index >= 15 is 0 Å². The summed E-state index contributed by atoms with van der Waals surface area (Å²) in [5.41, 5.74) is 1.16. The zero-order chi connectivity index (χ0) is 16.3. The lowest BCUT2D eigenvalue weighted by Gasteiger charge is -2.12. The summed E-state index contributed by atoms with van der Waals surface area (Å²) >= 11 is 4.01. The van der Waals surface area contributed by atoms with Gasteiger partial charge in [-0.1, -0.05) is 0 Å². The first kappa shape index (κ1) is 15.8. The van der Waals surface area contributed by atoms with E-state index in [9.17, 15) is 10.1 Å². The van der Waals surface area contributed by atoms with Crippen LogP contribution in [0.4, 0.5) is 0 Å². The molecule has 0 saturated carbocycles. The molecule has 2 aromatic rings. The summed E-state index contributed by atoms with van der Waals surface area (Å²) in [4.78, 5) is 18.9. The number of aromatic carboxylic acids is 1. The number of carbonyl (C=O) groups is 1. The first-order chi connectivity index (χ1) is 10.4. The Bertz CT molecular complexity index is 769. The number of ether oxygens (including phenoxy) is 1. The van der Waals surface area contributed by atoms with Gasteiger partial charge in [0.1, 0.15) is 11.8 Å². The molecule has 22 heavy (non-hydrogen) atoms. The number of hydrogen-bond donors (Lipinski definition) is 2. The minimum atomic E-state index is -1.17. The predicted molar refractivity (Wildman–Crippen MR) is 82.2 cm³/mol. The fourth-order valence-electron chi connectivity index (χ4n) is 1.83. The molecule has 0 spiro atoms. The van der Waals surface area contributed by atoms with Gasteiger partial charge >= 0.3 is 5.97 Å². The molecular formula is C15H13N3O3S. The number of aromatic nitrogens is 2. The second kappa shape index (κ2) is 6.45. The third-order valence-electron chi connectivity index (χ3n) is 2.69. The smallest absolute Gasteiger partial charge is 0.354 e. The van der Waals surface area contributed by atoms with Crippen molar-refractivity contribution in [2.45, 2.75) is 25.1 Å². The summed E-state index contributed by atoms with van der Waals surface area (Å²) < 4.78 is 5.55. The minimum absolute atomic E-state index is 0.0518. The molecule has 0 fully saturated rings. The van der Waals surface area contributed by atoms with Gasteiger partial charge in [0.15, 0.2) is 10.9 Å². The number of benzene rings is 1. The van der Waals surface area contributed by atoms with Crippen LogP contribution in [-0.4, -0.2) is 27.1 Å². The Kier molecular flexibility index (Phi) is 4.63. The van der Waals surface area contributed by atoms with Crippen LogP contribution in [0.1, 0.15) is 29.9 Å². The molecule has 0 amide bonds. The van der Waals surface area contributed by atoms with E-state index < -0.39 is 5.97 Å². The van der Waals surface area contributed by atoms with E-state index in [4.69, 9.17) is 9.84 Å². The fourth-order valence-corrected chi connectivity index (χ4v) is 2.04. The third kappa shape index (κ3) is 3.54. The number of rotatable bonds is 4. The van der Waals surface area contributed by atoms with Gasteiger partial charge in [0.05, 0.1) is 17.4 Å². The molecular weight excluding hydrogens is 302 g/mol. The highest BCUT2D eigenvalue weighted by molar-refractivity contribution is 7.80. The molecule has 0 aliphatic carbocycles. The Morgan fingerprint density at radius 1 is 1.36 bits per heavy atom. The third-order valence-corrected chi connectivity index (χ3v) is 2.89. The highest BCUT2D eigenvalue weighted by Gasteiger charge is 2.13. The van der Waals surface area contributed by atoms with Crippen molar-refractivity contribution < 1.29 is 14.6 Å². The molecule has 112 valence electrons. The fraction of sp³-hybridized carbons (Fsp3) is 0.200. The van der Waals surface area contributed by atoms with Crippen LogP contribution in [0.3, 0.4) is 0 Å². The molecule has 1 N–H and O–H groups in total. The van der Waals surface area contributed by atoms with E-state index in [2.05, 4.69) is 28.7 Å². The summed E-state index contributed by atoms with van der Waals surface area (Å²) in [7, 11) is 0. The average molecular weight is 315 g/mol. The molecule has 0 aliphatic rings. The number of nitrogens with zero attached hydrogens (tertiary/aromatic N) is 3. The second-order valence-corrected chi connectivity index (χ2v) is 5.13. The SMILES string of the molecule is CC(C)Oc1ccc(-c2cc(C(=O)O)nc(S)n2)cc1C#N. The lowest BCUT2D eigenvalue weighted by atomic mass is 10.1. The van der Waals surface area contributed by atoms with Crippen LogP contribution in [-0.2, 0) is 0 Å². The van der Waals surface area contributed by atoms with Crippen molar-refractivity contribution in [3.63, 3.8) is 0 Å². The first-order valence-electron chi connectivity index (χ1n) is 6.43. The van der Waals surface area contributed by atoms with Crippen molar-refractivity contribution in [1.82, 2.24) is 9.97 Å². The molecule has 0 bridgehead atoms. The molecule has 0 radical (unpaired) electrons. The van der Waals surface area contributed by atoms with Crippen molar-refractivity contribution in [2.75, 3.05) is 0 Å². The lowest BCUT2D eigenvalue weighted by Crippen LogP contribution is -2.07. The maximum Gasteiger partial charge on any atom is 0.354 e. The zero-order valence-electron chi connectivity index (χ0n) is 11.9. The van der Waals surface area contributed by atoms with Gasteiger partial charge in [-0.3, -0.25) is 0 Å². The molecule has 0 aliphatic heterocycles. The summed E-state index contributed by atoms with van der Waals surface area (Å²) in [6.07, 6.45) is -0.0559. The Morgan fingerprint density at radius 2 is 2.09 bits per heavy atom. The molecule has 0 atom stereocenters. The maximum atomic E-state index is 11.0. The lowest BCUT2D eigenvalue weighted by molar-refractivity contribution is 0.0689. The van der Waals surface area contributed by atoms with Gasteiger partial charge < -0.3 is 9.84 Å². The summed E-state index contributed by atoms with van der Waals surface area (Å²) in [5, 5.41) is 18.3. The Balaban J connectivity index is 2.50. The largest absolute Gasteiger partial charge is 0.490 e. The van der Waals surface area contributed by atoms with Crippen LogP contribution in [0.15, 0.2) is 29.4 Å². The molecule has 0 unspecified atom stereocenters. The number of thiol groups is 1. The van der Waals surface area contributed by atoms with Gasteiger partial charge in [0.2, 0.25) is 0 Å². The maximum absolute atomic E-state index is 11.0. The van der Waals surface area contributed by atoms with Gasteiger partial charge in [-0.25, -0.2) is 14.8 Å². The number of nitriles is 1. The average Bonchev–Trinajstić information content (AvgIpc) is 2.46. The zero-order valence-corrected chi connectivity index (χ0v) is 12.8. The van der Waals surface area contributed by atoms with E-state index in [1.807, 2.05) is 13.8 Å². The first-order valence-corrected chi connectivity index (χ1v) is 6.88. The molecule has 1 heterocycles. The van der Waals surface area contributed by atoms with Gasteiger partial charge in [0, 0.05) is 5.56 Å². The van der Waals surface area contributed by atoms with Crippen molar-refractivity contribution in [1.29, 1.82) is 5.26 Å². The molecule has 1 aromatic heterocycles. The molecule has 7 heteroatoms. The monoisotopic (exact) mass is 315 g/mol. The highest BCUT2D eigenvalue weighted by atomic mass is 32.1. The highest BCUT2D eigenvalue weighted by Crippen LogP contribution is 2.26. The van der Waals surface area contributed by atoms with Crippen molar-refractivity contribution >= 4 is 18.6 Å². The minimum Gasteiger partial charge on any atom is -0.490 e. The van der Waals surface area contributed by atoms with Crippen molar-refractivity contribution in [3.8, 4) is 23.1 Å². The van der Waals surface area contributed by atoms with E-state index in [1.54, 1.807) is 18.2 Å². The van der Waals surface area contributed by atoms with Gasteiger partial charge in [0.25, 0.3) is 0 Å². The number of hydrogen-bond acceptors (Lipinski definition) is 6. The Labute approximate surface area is 132 Å². The van der Waals surface area contributed by atoms with Crippen LogP contribution >= 0.6 is 12.6 Å². The normalized spacial score (nSPS) is 10.3. The van der Waals surface area contributed by atoms with E-state index in [-0.39, 0.29) is 17.0 Å². The van der Waals surface area contributed by atoms with Crippen LogP contribution in [0, 0.1) is 11.3 Å². The Hall–Kier alpha value is -2.59. The topological polar surface area (TPSA) is 96.1 Å².